The summed E-state index contributed by atoms with van der Waals surface area (Å²) in [6.07, 6.45) is 1.83. The average Bonchev–Trinajstić information content (AvgIpc) is 2.43. The van der Waals surface area contributed by atoms with E-state index in [2.05, 4.69) is 37.6 Å². The molecule has 1 aromatic carbocycles. The van der Waals surface area contributed by atoms with Gasteiger partial charge in [-0.05, 0) is 12.1 Å². The molecule has 1 aromatic heterocycles. The summed E-state index contributed by atoms with van der Waals surface area (Å²) in [5.74, 6) is 0.923. The number of pyridine rings is 1. The molecule has 102 valence electrons. The summed E-state index contributed by atoms with van der Waals surface area (Å²) in [6, 6.07) is 8.16. The van der Waals surface area contributed by atoms with Crippen molar-refractivity contribution in [3.05, 3.63) is 34.9 Å². The van der Waals surface area contributed by atoms with E-state index in [0.717, 1.165) is 41.9 Å². The minimum Gasteiger partial charge on any atom is -0.383 e. The predicted molar refractivity (Wildman–Crippen MR) is 82.7 cm³/mol. The molecule has 0 aliphatic rings. The van der Waals surface area contributed by atoms with Crippen molar-refractivity contribution in [2.24, 2.45) is 0 Å². The van der Waals surface area contributed by atoms with Gasteiger partial charge < -0.3 is 15.4 Å². The summed E-state index contributed by atoms with van der Waals surface area (Å²) in [6.45, 7) is 3.32. The quantitative estimate of drug-likeness (QED) is 0.769. The highest BCUT2D eigenvalue weighted by atomic mass is 79.9. The number of nitrogens with one attached hydrogen (secondary N) is 2. The van der Waals surface area contributed by atoms with Gasteiger partial charge in [0, 0.05) is 48.2 Å². The largest absolute Gasteiger partial charge is 0.383 e. The minimum atomic E-state index is 0.736. The highest BCUT2D eigenvalue weighted by Gasteiger charge is 2.03. The van der Waals surface area contributed by atoms with E-state index in [-0.39, 0.29) is 0 Å². The van der Waals surface area contributed by atoms with Crippen LogP contribution in [0, 0.1) is 0 Å². The molecule has 0 atom stereocenters. The van der Waals surface area contributed by atoms with Crippen molar-refractivity contribution in [1.82, 2.24) is 10.3 Å². The molecule has 1 heterocycles. The Morgan fingerprint density at radius 2 is 2.05 bits per heavy atom. The van der Waals surface area contributed by atoms with Gasteiger partial charge >= 0.3 is 0 Å². The molecule has 0 amide bonds. The average molecular weight is 324 g/mol. The molecule has 19 heavy (non-hydrogen) atoms. The molecule has 0 saturated carbocycles. The van der Waals surface area contributed by atoms with Gasteiger partial charge in [0.25, 0.3) is 0 Å². The van der Waals surface area contributed by atoms with E-state index >= 15 is 0 Å². The molecule has 0 spiro atoms. The number of rotatable bonds is 7. The van der Waals surface area contributed by atoms with Crippen LogP contribution in [0.2, 0.25) is 0 Å². The number of hydrogen-bond acceptors (Lipinski definition) is 4. The van der Waals surface area contributed by atoms with Gasteiger partial charge in [-0.1, -0.05) is 28.1 Å². The van der Waals surface area contributed by atoms with Crippen LogP contribution < -0.4 is 10.6 Å². The van der Waals surface area contributed by atoms with Crippen LogP contribution in [0.1, 0.15) is 0 Å². The molecule has 5 heteroatoms. The fourth-order valence-electron chi connectivity index (χ4n) is 1.88. The van der Waals surface area contributed by atoms with E-state index in [4.69, 9.17) is 4.74 Å². The highest BCUT2D eigenvalue weighted by molar-refractivity contribution is 9.10. The van der Waals surface area contributed by atoms with E-state index in [1.807, 2.05) is 24.4 Å². The molecule has 0 saturated heterocycles. The van der Waals surface area contributed by atoms with Gasteiger partial charge in [-0.2, -0.15) is 0 Å². The van der Waals surface area contributed by atoms with Crippen molar-refractivity contribution >= 4 is 32.5 Å². The molecule has 0 aliphatic carbocycles. The molecular formula is C14H18BrN3O. The number of hydrogen-bond donors (Lipinski definition) is 2. The Labute approximate surface area is 121 Å². The van der Waals surface area contributed by atoms with Crippen molar-refractivity contribution in [2.45, 2.75) is 0 Å². The summed E-state index contributed by atoms with van der Waals surface area (Å²) in [5, 5.41) is 8.95. The number of anilines is 1. The first-order valence-electron chi connectivity index (χ1n) is 6.29. The Bertz CT molecular complexity index is 533. The van der Waals surface area contributed by atoms with Gasteiger partial charge in [0.2, 0.25) is 0 Å². The standard InChI is InChI=1S/C14H18BrN3O/c1-19-10-9-16-7-8-18-14-12-3-2-4-13(15)11(12)5-6-17-14/h2-6,16H,7-10H2,1H3,(H,17,18). The molecule has 0 aliphatic heterocycles. The van der Waals surface area contributed by atoms with Crippen molar-refractivity contribution in [1.29, 1.82) is 0 Å². The fraction of sp³-hybridized carbons (Fsp3) is 0.357. The Kier molecular flexibility index (Phi) is 5.57. The van der Waals surface area contributed by atoms with E-state index in [0.29, 0.717) is 0 Å². The third kappa shape index (κ3) is 3.89. The van der Waals surface area contributed by atoms with Crippen LogP contribution in [-0.4, -0.2) is 38.3 Å². The molecule has 0 unspecified atom stereocenters. The number of benzene rings is 1. The second-order valence-electron chi connectivity index (χ2n) is 4.16. The fourth-order valence-corrected chi connectivity index (χ4v) is 2.38. The number of methoxy groups -OCH3 is 1. The summed E-state index contributed by atoms with van der Waals surface area (Å²) < 4.78 is 6.07. The lowest BCUT2D eigenvalue weighted by Gasteiger charge is -2.10. The third-order valence-electron chi connectivity index (χ3n) is 2.83. The lowest BCUT2D eigenvalue weighted by Crippen LogP contribution is -2.25. The Morgan fingerprint density at radius 1 is 1.16 bits per heavy atom. The lowest BCUT2D eigenvalue weighted by atomic mass is 10.1. The van der Waals surface area contributed by atoms with Crippen molar-refractivity contribution in [3.63, 3.8) is 0 Å². The van der Waals surface area contributed by atoms with Crippen LogP contribution in [0.3, 0.4) is 0 Å². The molecular weight excluding hydrogens is 306 g/mol. The first kappa shape index (κ1) is 14.2. The summed E-state index contributed by atoms with van der Waals surface area (Å²) in [5.41, 5.74) is 0. The first-order chi connectivity index (χ1) is 9.33. The number of fused-ring (bicyclic) bond motifs is 1. The van der Waals surface area contributed by atoms with Crippen LogP contribution in [0.4, 0.5) is 5.82 Å². The Morgan fingerprint density at radius 3 is 2.89 bits per heavy atom. The lowest BCUT2D eigenvalue weighted by molar-refractivity contribution is 0.200. The third-order valence-corrected chi connectivity index (χ3v) is 3.52. The predicted octanol–water partition coefficient (Wildman–Crippen LogP) is 2.65. The van der Waals surface area contributed by atoms with E-state index < -0.39 is 0 Å². The van der Waals surface area contributed by atoms with Gasteiger partial charge in [0.1, 0.15) is 5.82 Å². The van der Waals surface area contributed by atoms with Gasteiger partial charge in [0.15, 0.2) is 0 Å². The van der Waals surface area contributed by atoms with Crippen LogP contribution in [0.25, 0.3) is 10.8 Å². The molecule has 0 radical (unpaired) electrons. The van der Waals surface area contributed by atoms with Crippen LogP contribution in [-0.2, 0) is 4.74 Å². The molecule has 2 rings (SSSR count). The summed E-state index contributed by atoms with van der Waals surface area (Å²) >= 11 is 3.56. The minimum absolute atomic E-state index is 0.736. The summed E-state index contributed by atoms with van der Waals surface area (Å²) in [4.78, 5) is 4.40. The maximum atomic E-state index is 4.98. The number of halogens is 1. The van der Waals surface area contributed by atoms with Crippen LogP contribution in [0.15, 0.2) is 34.9 Å². The maximum absolute atomic E-state index is 4.98. The zero-order valence-electron chi connectivity index (χ0n) is 10.9. The monoisotopic (exact) mass is 323 g/mol. The van der Waals surface area contributed by atoms with Gasteiger partial charge in [-0.25, -0.2) is 4.98 Å². The number of nitrogens with zero attached hydrogens (tertiary/aromatic N) is 1. The second kappa shape index (κ2) is 7.43. The van der Waals surface area contributed by atoms with Crippen LogP contribution >= 0.6 is 15.9 Å². The zero-order chi connectivity index (χ0) is 13.5. The smallest absolute Gasteiger partial charge is 0.133 e. The van der Waals surface area contributed by atoms with Crippen LogP contribution in [0.5, 0.6) is 0 Å². The highest BCUT2D eigenvalue weighted by Crippen LogP contribution is 2.27. The molecule has 0 fully saturated rings. The number of aromatic nitrogens is 1. The number of ether oxygens (including phenoxy) is 1. The SMILES string of the molecule is COCCNCCNc1nccc2c(Br)cccc12. The van der Waals surface area contributed by atoms with Gasteiger partial charge in [-0.3, -0.25) is 0 Å². The molecule has 2 N–H and O–H groups in total. The Balaban J connectivity index is 1.95. The Hall–Kier alpha value is -1.17. The van der Waals surface area contributed by atoms with Crippen molar-refractivity contribution < 1.29 is 4.74 Å². The molecule has 0 bridgehead atoms. The van der Waals surface area contributed by atoms with E-state index in [9.17, 15) is 0 Å². The summed E-state index contributed by atoms with van der Waals surface area (Å²) in [7, 11) is 1.71. The first-order valence-corrected chi connectivity index (χ1v) is 7.09. The molecule has 4 nitrogen and oxygen atoms in total. The zero-order valence-corrected chi connectivity index (χ0v) is 12.5. The molecule has 2 aromatic rings. The van der Waals surface area contributed by atoms with Crippen molar-refractivity contribution in [3.8, 4) is 0 Å². The van der Waals surface area contributed by atoms with E-state index in [1.165, 1.54) is 5.39 Å². The second-order valence-corrected chi connectivity index (χ2v) is 5.02. The van der Waals surface area contributed by atoms with Gasteiger partial charge in [0.05, 0.1) is 6.61 Å². The van der Waals surface area contributed by atoms with E-state index in [1.54, 1.807) is 7.11 Å². The van der Waals surface area contributed by atoms with Gasteiger partial charge in [-0.15, -0.1) is 0 Å². The van der Waals surface area contributed by atoms with Crippen molar-refractivity contribution in [2.75, 3.05) is 38.7 Å². The maximum Gasteiger partial charge on any atom is 0.133 e. The topological polar surface area (TPSA) is 46.2 Å². The normalized spacial score (nSPS) is 10.8.